The third kappa shape index (κ3) is 77.9. The third-order valence-corrected chi connectivity index (χ3v) is 22.0. The van der Waals surface area contributed by atoms with E-state index in [1.54, 1.807) is 11.8 Å². The molecular formula is C84H164O8S2. The Labute approximate surface area is 595 Å². The summed E-state index contributed by atoms with van der Waals surface area (Å²) in [5.74, 6) is 0.800. The van der Waals surface area contributed by atoms with Crippen molar-refractivity contribution >= 4 is 47.4 Å². The van der Waals surface area contributed by atoms with Crippen LogP contribution in [0.2, 0.25) is 0 Å². The van der Waals surface area contributed by atoms with Crippen LogP contribution < -0.4 is 0 Å². The predicted molar refractivity (Wildman–Crippen MR) is 416 cm³/mol. The van der Waals surface area contributed by atoms with Gasteiger partial charge in [0.25, 0.3) is 0 Å². The van der Waals surface area contributed by atoms with Crippen LogP contribution >= 0.6 is 23.5 Å². The highest BCUT2D eigenvalue weighted by molar-refractivity contribution is 7.99. The fourth-order valence-electron chi connectivity index (χ4n) is 13.2. The van der Waals surface area contributed by atoms with Gasteiger partial charge >= 0.3 is 23.9 Å². The van der Waals surface area contributed by atoms with E-state index in [1.165, 1.54) is 371 Å². The smallest absolute Gasteiger partial charge is 0.310 e. The predicted octanol–water partition coefficient (Wildman–Crippen LogP) is 28.7. The van der Waals surface area contributed by atoms with Crippen LogP contribution in [-0.2, 0) is 28.7 Å². The summed E-state index contributed by atoms with van der Waals surface area (Å²) in [4.78, 5) is 47.5. The number of thioether (sulfide) groups is 2. The van der Waals surface area contributed by atoms with Crippen molar-refractivity contribution in [2.24, 2.45) is 5.41 Å². The number of carbonyl (C=O) groups is 4. The molecule has 0 bridgehead atoms. The summed E-state index contributed by atoms with van der Waals surface area (Å²) in [5.41, 5.74) is -0.699. The van der Waals surface area contributed by atoms with Crippen molar-refractivity contribution in [3.8, 4) is 0 Å². The number of rotatable bonds is 80. The fourth-order valence-corrected chi connectivity index (χ4v) is 15.3. The Bertz CT molecular complexity index is 1420. The first kappa shape index (κ1) is 94.6. The molecule has 0 atom stereocenters. The van der Waals surface area contributed by atoms with Crippen molar-refractivity contribution in [3.05, 3.63) is 0 Å². The molecule has 0 saturated heterocycles. The molecule has 0 unspecified atom stereocenters. The monoisotopic (exact) mass is 1370 g/mol. The van der Waals surface area contributed by atoms with Crippen LogP contribution in [0, 0.1) is 5.41 Å². The molecule has 10 heteroatoms. The normalized spacial score (nSPS) is 11.5. The number of carboxylic acid groups (broad SMARTS) is 2. The van der Waals surface area contributed by atoms with Gasteiger partial charge in [-0.2, -0.15) is 23.5 Å². The summed E-state index contributed by atoms with van der Waals surface area (Å²) in [7, 11) is 0. The lowest BCUT2D eigenvalue weighted by Gasteiger charge is -2.29. The molecule has 0 aliphatic carbocycles. The molecule has 8 nitrogen and oxygen atoms in total. The lowest BCUT2D eigenvalue weighted by molar-refractivity contribution is -0.148. The van der Waals surface area contributed by atoms with Gasteiger partial charge in [0, 0.05) is 23.0 Å². The molecule has 0 aromatic rings. The lowest BCUT2D eigenvalue weighted by atomic mass is 9.79. The summed E-state index contributed by atoms with van der Waals surface area (Å²) in [5, 5.41) is 19.4. The van der Waals surface area contributed by atoms with E-state index in [0.29, 0.717) is 49.1 Å². The van der Waals surface area contributed by atoms with Gasteiger partial charge in [0.15, 0.2) is 0 Å². The van der Waals surface area contributed by atoms with Gasteiger partial charge < -0.3 is 19.7 Å². The Morgan fingerprint density at radius 2 is 0.447 bits per heavy atom. The average molecular weight is 1370 g/mol. The molecule has 0 saturated carbocycles. The van der Waals surface area contributed by atoms with Gasteiger partial charge in [-0.25, -0.2) is 0 Å². The van der Waals surface area contributed by atoms with E-state index >= 15 is 0 Å². The number of carbonyl (C=O) groups excluding carboxylic acids is 2. The maximum atomic E-state index is 12.6. The maximum absolute atomic E-state index is 12.6. The topological polar surface area (TPSA) is 127 Å². The van der Waals surface area contributed by atoms with Crippen LogP contribution in [-0.4, -0.2) is 70.3 Å². The molecule has 0 spiro atoms. The quantitative estimate of drug-likeness (QED) is 0.0449. The van der Waals surface area contributed by atoms with E-state index in [4.69, 9.17) is 14.6 Å². The second-order valence-corrected chi connectivity index (χ2v) is 31.4. The van der Waals surface area contributed by atoms with Gasteiger partial charge in [-0.05, 0) is 25.7 Å². The molecule has 0 heterocycles. The first-order valence-corrected chi connectivity index (χ1v) is 44.4. The summed E-state index contributed by atoms with van der Waals surface area (Å²) in [6.45, 7) is 10.2. The van der Waals surface area contributed by atoms with Gasteiger partial charge in [0.2, 0.25) is 0 Å². The zero-order valence-corrected chi connectivity index (χ0v) is 65.3. The molecule has 0 radical (unpaired) electrons. The van der Waals surface area contributed by atoms with Crippen molar-refractivity contribution in [1.82, 2.24) is 0 Å². The van der Waals surface area contributed by atoms with Crippen LogP contribution in [0.15, 0.2) is 0 Å². The number of hydrogen-bond donors (Lipinski definition) is 2. The standard InChI is InChI=1S/2C42H82O4S/c1-3-5-7-9-11-13-15-17-19-21-23-25-27-29-31-33-37-45-41(43)35-39-47-40-36-42(44)46-38-34-32-30-28-26-24-22-20-18-16-14-12-10-8-6-4-2;1-3-5-7-9-11-13-15-17-19-21-23-25-27-29-31-33-36-42(41(45)46,39-47-38-35-40(43)44)37-34-32-30-28-26-24-22-20-18-16-14-12-10-8-6-4-2/h3-40H2,1-2H3;3-39H2,1-2H3,(H,43,44)(H,45,46). The number of hydrogen-bond acceptors (Lipinski definition) is 8. The molecule has 560 valence electrons. The minimum absolute atomic E-state index is 0.107. The average Bonchev–Trinajstić information content (AvgIpc) is 0.955. The Balaban J connectivity index is 0. The largest absolute Gasteiger partial charge is 0.481 e. The molecule has 0 aromatic carbocycles. The van der Waals surface area contributed by atoms with Gasteiger partial charge in [-0.1, -0.05) is 426 Å². The molecule has 0 amide bonds. The minimum atomic E-state index is -0.797. The van der Waals surface area contributed by atoms with Crippen molar-refractivity contribution in [2.45, 2.75) is 471 Å². The molecule has 94 heavy (non-hydrogen) atoms. The Hall–Kier alpha value is -1.42. The summed E-state index contributed by atoms with van der Waals surface area (Å²) in [6, 6.07) is 0. The summed E-state index contributed by atoms with van der Waals surface area (Å²) < 4.78 is 10.8. The van der Waals surface area contributed by atoms with Gasteiger partial charge in [-0.3, -0.25) is 19.2 Å². The SMILES string of the molecule is CCCCCCCCCCCCCCCCCCC(CCCCCCCCCCCCCCCCCC)(CSCCC(=O)O)C(=O)O.CCCCCCCCCCCCCCCCCCOC(=O)CCSCCC(=O)OCCCCCCCCCCCCCCCCCC. The van der Waals surface area contributed by atoms with Gasteiger partial charge in [0.1, 0.15) is 0 Å². The Morgan fingerprint density at radius 3 is 0.649 bits per heavy atom. The zero-order chi connectivity index (χ0) is 68.7. The number of esters is 2. The Morgan fingerprint density at radius 1 is 0.255 bits per heavy atom. The van der Waals surface area contributed by atoms with Crippen molar-refractivity contribution < 1.29 is 38.9 Å². The van der Waals surface area contributed by atoms with Crippen LogP contribution in [0.25, 0.3) is 0 Å². The molecule has 0 aliphatic heterocycles. The molecule has 0 rings (SSSR count). The van der Waals surface area contributed by atoms with Crippen molar-refractivity contribution in [2.75, 3.05) is 36.2 Å². The number of aliphatic carboxylic acids is 2. The Kier molecular flexibility index (Phi) is 82.8. The van der Waals surface area contributed by atoms with Crippen LogP contribution in [0.1, 0.15) is 471 Å². The number of ether oxygens (including phenoxy) is 2. The number of carboxylic acids is 2. The van der Waals surface area contributed by atoms with Gasteiger partial charge in [-0.15, -0.1) is 0 Å². The first-order valence-electron chi connectivity index (χ1n) is 42.1. The highest BCUT2D eigenvalue weighted by atomic mass is 32.2. The second kappa shape index (κ2) is 82.2. The molecule has 0 aliphatic rings. The van der Waals surface area contributed by atoms with E-state index in [9.17, 15) is 24.3 Å². The number of unbranched alkanes of at least 4 members (excludes halogenated alkanes) is 60. The first-order chi connectivity index (χ1) is 46.2. The molecule has 0 fully saturated rings. The van der Waals surface area contributed by atoms with E-state index in [0.717, 1.165) is 64.2 Å². The van der Waals surface area contributed by atoms with Crippen LogP contribution in [0.4, 0.5) is 0 Å². The zero-order valence-electron chi connectivity index (χ0n) is 63.7. The molecular weight excluding hydrogens is 1200 g/mol. The van der Waals surface area contributed by atoms with Crippen molar-refractivity contribution in [3.63, 3.8) is 0 Å². The van der Waals surface area contributed by atoms with Gasteiger partial charge in [0.05, 0.1) is 37.9 Å². The van der Waals surface area contributed by atoms with Crippen LogP contribution in [0.5, 0.6) is 0 Å². The molecule has 0 aromatic heterocycles. The highest BCUT2D eigenvalue weighted by Gasteiger charge is 2.37. The minimum Gasteiger partial charge on any atom is -0.481 e. The van der Waals surface area contributed by atoms with Crippen LogP contribution in [0.3, 0.4) is 0 Å². The van der Waals surface area contributed by atoms with E-state index in [1.807, 2.05) is 0 Å². The highest BCUT2D eigenvalue weighted by Crippen LogP contribution is 2.37. The molecule has 2 N–H and O–H groups in total. The van der Waals surface area contributed by atoms with E-state index in [-0.39, 0.29) is 18.4 Å². The lowest BCUT2D eigenvalue weighted by Crippen LogP contribution is -2.34. The summed E-state index contributed by atoms with van der Waals surface area (Å²) in [6.07, 6.45) is 87.9. The van der Waals surface area contributed by atoms with Crippen molar-refractivity contribution in [1.29, 1.82) is 0 Å². The second-order valence-electron chi connectivity index (χ2n) is 29.0. The summed E-state index contributed by atoms with van der Waals surface area (Å²) >= 11 is 3.17. The van der Waals surface area contributed by atoms with E-state index < -0.39 is 17.4 Å². The maximum Gasteiger partial charge on any atom is 0.310 e. The van der Waals surface area contributed by atoms with E-state index in [2.05, 4.69) is 27.7 Å². The third-order valence-electron chi connectivity index (χ3n) is 19.7. The fraction of sp³-hybridized carbons (Fsp3) is 0.952.